The van der Waals surface area contributed by atoms with Crippen LogP contribution in [0.25, 0.3) is 0 Å². The average Bonchev–Trinajstić information content (AvgIpc) is 2.35. The van der Waals surface area contributed by atoms with Crippen LogP contribution in [0, 0.1) is 0 Å². The van der Waals surface area contributed by atoms with Crippen molar-refractivity contribution in [2.45, 2.75) is 6.42 Å². The molecule has 1 aromatic heterocycles. The molecule has 0 aromatic carbocycles. The monoisotopic (exact) mass is 168 g/mol. The molecule has 0 spiro atoms. The number of hydrogen-bond acceptors (Lipinski definition) is 3. The SMILES string of the molecule is Cn1cnc(CC(=O)C(=O)O)c1. The fourth-order valence-corrected chi connectivity index (χ4v) is 0.798. The van der Waals surface area contributed by atoms with Crippen molar-refractivity contribution in [1.82, 2.24) is 9.55 Å². The Kier molecular flexibility index (Phi) is 2.23. The van der Waals surface area contributed by atoms with Gasteiger partial charge in [0.2, 0.25) is 5.78 Å². The number of carbonyl (C=O) groups excluding carboxylic acids is 1. The van der Waals surface area contributed by atoms with Gasteiger partial charge in [0.15, 0.2) is 0 Å². The molecule has 0 aliphatic rings. The summed E-state index contributed by atoms with van der Waals surface area (Å²) in [5.41, 5.74) is 0.477. The highest BCUT2D eigenvalue weighted by molar-refractivity contribution is 6.33. The van der Waals surface area contributed by atoms with E-state index >= 15 is 0 Å². The Hall–Kier alpha value is -1.65. The third-order valence-electron chi connectivity index (χ3n) is 1.34. The van der Waals surface area contributed by atoms with Gasteiger partial charge in [0.1, 0.15) is 0 Å². The fourth-order valence-electron chi connectivity index (χ4n) is 0.798. The van der Waals surface area contributed by atoms with Gasteiger partial charge in [-0.3, -0.25) is 4.79 Å². The Morgan fingerprint density at radius 3 is 2.75 bits per heavy atom. The molecule has 1 rings (SSSR count). The van der Waals surface area contributed by atoms with Crippen LogP contribution in [-0.4, -0.2) is 26.4 Å². The molecule has 0 saturated carbocycles. The zero-order valence-electron chi connectivity index (χ0n) is 6.52. The number of nitrogens with zero attached hydrogens (tertiary/aromatic N) is 2. The highest BCUT2D eigenvalue weighted by atomic mass is 16.4. The molecule has 0 fully saturated rings. The predicted octanol–water partition coefficient (Wildman–Crippen LogP) is -0.384. The lowest BCUT2D eigenvalue weighted by Crippen LogP contribution is -2.15. The van der Waals surface area contributed by atoms with Crippen LogP contribution >= 0.6 is 0 Å². The van der Waals surface area contributed by atoms with E-state index < -0.39 is 11.8 Å². The second kappa shape index (κ2) is 3.17. The van der Waals surface area contributed by atoms with Crippen LogP contribution < -0.4 is 0 Å². The molecule has 0 saturated heterocycles. The van der Waals surface area contributed by atoms with Crippen LogP contribution in [0.2, 0.25) is 0 Å². The number of Topliss-reactive ketones (excluding diaryl/α,β-unsaturated/α-hetero) is 1. The molecule has 5 heteroatoms. The predicted molar refractivity (Wildman–Crippen MR) is 39.6 cm³/mol. The number of carboxylic acids is 1. The number of imidazole rings is 1. The largest absolute Gasteiger partial charge is 0.475 e. The Morgan fingerprint density at radius 2 is 2.33 bits per heavy atom. The number of ketones is 1. The molecule has 0 aliphatic heterocycles. The molecule has 0 radical (unpaired) electrons. The molecule has 0 bridgehead atoms. The van der Waals surface area contributed by atoms with Crippen molar-refractivity contribution in [3.8, 4) is 0 Å². The minimum atomic E-state index is -1.42. The van der Waals surface area contributed by atoms with Crippen LogP contribution in [0.15, 0.2) is 12.5 Å². The lowest BCUT2D eigenvalue weighted by Gasteiger charge is -1.89. The summed E-state index contributed by atoms with van der Waals surface area (Å²) < 4.78 is 1.66. The molecule has 0 amide bonds. The third kappa shape index (κ3) is 1.91. The molecule has 12 heavy (non-hydrogen) atoms. The van der Waals surface area contributed by atoms with E-state index in [1.54, 1.807) is 17.8 Å². The van der Waals surface area contributed by atoms with E-state index in [0.29, 0.717) is 5.69 Å². The van der Waals surface area contributed by atoms with Crippen LogP contribution in [0.1, 0.15) is 5.69 Å². The van der Waals surface area contributed by atoms with Gasteiger partial charge in [0, 0.05) is 13.2 Å². The van der Waals surface area contributed by atoms with Crippen LogP contribution in [0.3, 0.4) is 0 Å². The van der Waals surface area contributed by atoms with Crippen molar-refractivity contribution in [3.05, 3.63) is 18.2 Å². The summed E-state index contributed by atoms with van der Waals surface area (Å²) in [4.78, 5) is 24.6. The summed E-state index contributed by atoms with van der Waals surface area (Å²) >= 11 is 0. The Morgan fingerprint density at radius 1 is 1.67 bits per heavy atom. The molecule has 0 unspecified atom stereocenters. The van der Waals surface area contributed by atoms with Crippen LogP contribution in [0.4, 0.5) is 0 Å². The van der Waals surface area contributed by atoms with Gasteiger partial charge < -0.3 is 9.67 Å². The van der Waals surface area contributed by atoms with Crippen molar-refractivity contribution < 1.29 is 14.7 Å². The highest BCUT2D eigenvalue weighted by Gasteiger charge is 2.12. The summed E-state index contributed by atoms with van der Waals surface area (Å²) in [6, 6.07) is 0. The van der Waals surface area contributed by atoms with Crippen molar-refractivity contribution in [2.75, 3.05) is 0 Å². The van der Waals surface area contributed by atoms with E-state index in [9.17, 15) is 9.59 Å². The first kappa shape index (κ1) is 8.45. The lowest BCUT2D eigenvalue weighted by atomic mass is 10.2. The maximum absolute atomic E-state index is 10.7. The van der Waals surface area contributed by atoms with Gasteiger partial charge in [-0.25, -0.2) is 9.78 Å². The quantitative estimate of drug-likeness (QED) is 0.624. The van der Waals surface area contributed by atoms with Crippen molar-refractivity contribution in [3.63, 3.8) is 0 Å². The summed E-state index contributed by atoms with van der Waals surface area (Å²) in [5, 5.41) is 8.27. The first-order chi connectivity index (χ1) is 5.59. The summed E-state index contributed by atoms with van der Waals surface area (Å²) in [6.07, 6.45) is 2.99. The molecule has 1 heterocycles. The molecule has 1 aromatic rings. The minimum Gasteiger partial charge on any atom is -0.475 e. The Balaban J connectivity index is 2.64. The van der Waals surface area contributed by atoms with Crippen molar-refractivity contribution >= 4 is 11.8 Å². The van der Waals surface area contributed by atoms with Gasteiger partial charge in [0.05, 0.1) is 18.4 Å². The Bertz CT molecular complexity index is 316. The van der Waals surface area contributed by atoms with E-state index in [-0.39, 0.29) is 6.42 Å². The van der Waals surface area contributed by atoms with Gasteiger partial charge in [-0.2, -0.15) is 0 Å². The number of aliphatic carboxylic acids is 1. The number of carboxylic acid groups (broad SMARTS) is 1. The van der Waals surface area contributed by atoms with Crippen molar-refractivity contribution in [2.24, 2.45) is 7.05 Å². The molecular formula is C7H8N2O3. The second-order valence-corrected chi connectivity index (χ2v) is 2.44. The molecule has 0 aliphatic carbocycles. The summed E-state index contributed by atoms with van der Waals surface area (Å²) in [5.74, 6) is -2.26. The van der Waals surface area contributed by atoms with E-state index in [2.05, 4.69) is 4.98 Å². The molecular weight excluding hydrogens is 160 g/mol. The van der Waals surface area contributed by atoms with E-state index in [0.717, 1.165) is 0 Å². The Labute approximate surface area is 68.6 Å². The van der Waals surface area contributed by atoms with Gasteiger partial charge in [0.25, 0.3) is 0 Å². The number of rotatable bonds is 3. The normalized spacial score (nSPS) is 9.75. The summed E-state index contributed by atoms with van der Waals surface area (Å²) in [7, 11) is 1.75. The van der Waals surface area contributed by atoms with Gasteiger partial charge in [-0.15, -0.1) is 0 Å². The number of aromatic nitrogens is 2. The minimum absolute atomic E-state index is 0.143. The topological polar surface area (TPSA) is 72.2 Å². The van der Waals surface area contributed by atoms with Crippen LogP contribution in [-0.2, 0) is 23.1 Å². The number of carbonyl (C=O) groups is 2. The summed E-state index contributed by atoms with van der Waals surface area (Å²) in [6.45, 7) is 0. The third-order valence-corrected chi connectivity index (χ3v) is 1.34. The first-order valence-corrected chi connectivity index (χ1v) is 3.32. The zero-order valence-corrected chi connectivity index (χ0v) is 6.52. The van der Waals surface area contributed by atoms with Crippen LogP contribution in [0.5, 0.6) is 0 Å². The average molecular weight is 168 g/mol. The lowest BCUT2D eigenvalue weighted by molar-refractivity contribution is -0.148. The molecule has 5 nitrogen and oxygen atoms in total. The number of aryl methyl sites for hydroxylation is 1. The molecule has 0 atom stereocenters. The fraction of sp³-hybridized carbons (Fsp3) is 0.286. The maximum Gasteiger partial charge on any atom is 0.372 e. The molecule has 1 N–H and O–H groups in total. The van der Waals surface area contributed by atoms with Crippen molar-refractivity contribution in [1.29, 1.82) is 0 Å². The standard InChI is InChI=1S/C7H8N2O3/c1-9-3-5(8-4-9)2-6(10)7(11)12/h3-4H,2H2,1H3,(H,11,12). The second-order valence-electron chi connectivity index (χ2n) is 2.44. The van der Waals surface area contributed by atoms with E-state index in [4.69, 9.17) is 5.11 Å². The smallest absolute Gasteiger partial charge is 0.372 e. The molecule has 64 valence electrons. The maximum atomic E-state index is 10.7. The first-order valence-electron chi connectivity index (χ1n) is 3.32. The van der Waals surface area contributed by atoms with Gasteiger partial charge in [-0.1, -0.05) is 0 Å². The zero-order chi connectivity index (χ0) is 9.14. The number of hydrogen-bond donors (Lipinski definition) is 1. The van der Waals surface area contributed by atoms with Gasteiger partial charge in [-0.05, 0) is 0 Å². The van der Waals surface area contributed by atoms with E-state index in [1.165, 1.54) is 6.33 Å². The highest BCUT2D eigenvalue weighted by Crippen LogP contribution is 1.95. The van der Waals surface area contributed by atoms with Gasteiger partial charge >= 0.3 is 5.97 Å². The van der Waals surface area contributed by atoms with E-state index in [1.807, 2.05) is 0 Å².